The summed E-state index contributed by atoms with van der Waals surface area (Å²) in [5, 5.41) is 6.09. The van der Waals surface area contributed by atoms with Crippen LogP contribution >= 0.6 is 0 Å². The molecule has 0 radical (unpaired) electrons. The lowest BCUT2D eigenvalue weighted by molar-refractivity contribution is -0.123. The normalized spacial score (nSPS) is 10.8. The SMILES string of the molecule is COc1cc(/C=N/NC(=O)COc2ccc3ccccc3c2)ccc1OC(=O)c1ccc(C)cc1. The molecule has 176 valence electrons. The molecular formula is C28H24N2O5. The largest absolute Gasteiger partial charge is 0.493 e. The number of hydrogen-bond acceptors (Lipinski definition) is 6. The van der Waals surface area contributed by atoms with E-state index in [4.69, 9.17) is 14.2 Å². The molecular weight excluding hydrogens is 444 g/mol. The van der Waals surface area contributed by atoms with Crippen LogP contribution in [0.4, 0.5) is 0 Å². The molecule has 4 rings (SSSR count). The summed E-state index contributed by atoms with van der Waals surface area (Å²) < 4.78 is 16.4. The van der Waals surface area contributed by atoms with Crippen molar-refractivity contribution in [3.05, 3.63) is 102 Å². The molecule has 1 N–H and O–H groups in total. The zero-order valence-electron chi connectivity index (χ0n) is 19.4. The molecule has 0 unspecified atom stereocenters. The number of rotatable bonds is 8. The van der Waals surface area contributed by atoms with Crippen molar-refractivity contribution in [2.75, 3.05) is 13.7 Å². The Morgan fingerprint density at radius 1 is 0.886 bits per heavy atom. The Kier molecular flexibility index (Phi) is 7.37. The summed E-state index contributed by atoms with van der Waals surface area (Å²) in [6.07, 6.45) is 1.46. The van der Waals surface area contributed by atoms with Crippen molar-refractivity contribution in [2.45, 2.75) is 6.92 Å². The maximum atomic E-state index is 12.4. The topological polar surface area (TPSA) is 86.2 Å². The first-order valence-corrected chi connectivity index (χ1v) is 10.9. The van der Waals surface area contributed by atoms with Gasteiger partial charge in [-0.1, -0.05) is 48.0 Å². The quantitative estimate of drug-likeness (QED) is 0.172. The number of amides is 1. The number of ether oxygens (including phenoxy) is 3. The number of esters is 1. The molecule has 0 aliphatic heterocycles. The van der Waals surface area contributed by atoms with E-state index in [1.165, 1.54) is 13.3 Å². The van der Waals surface area contributed by atoms with Gasteiger partial charge in [-0.05, 0) is 65.7 Å². The van der Waals surface area contributed by atoms with Crippen LogP contribution in [0, 0.1) is 6.92 Å². The van der Waals surface area contributed by atoms with Gasteiger partial charge in [-0.15, -0.1) is 0 Å². The van der Waals surface area contributed by atoms with Crippen LogP contribution in [-0.2, 0) is 4.79 Å². The Labute approximate surface area is 202 Å². The van der Waals surface area contributed by atoms with E-state index in [1.807, 2.05) is 61.5 Å². The molecule has 0 saturated carbocycles. The molecule has 4 aromatic carbocycles. The van der Waals surface area contributed by atoms with Gasteiger partial charge in [0, 0.05) is 0 Å². The second-order valence-electron chi connectivity index (χ2n) is 7.76. The number of carbonyl (C=O) groups excluding carboxylic acids is 2. The number of carbonyl (C=O) groups is 2. The van der Waals surface area contributed by atoms with Crippen LogP contribution in [0.5, 0.6) is 17.2 Å². The number of methoxy groups -OCH3 is 1. The first-order chi connectivity index (χ1) is 17.0. The van der Waals surface area contributed by atoms with Gasteiger partial charge < -0.3 is 14.2 Å². The molecule has 35 heavy (non-hydrogen) atoms. The monoisotopic (exact) mass is 468 g/mol. The number of fused-ring (bicyclic) bond motifs is 1. The average molecular weight is 469 g/mol. The van der Waals surface area contributed by atoms with Gasteiger partial charge in [-0.25, -0.2) is 10.2 Å². The van der Waals surface area contributed by atoms with Gasteiger partial charge in [0.1, 0.15) is 5.75 Å². The molecule has 7 heteroatoms. The highest BCUT2D eigenvalue weighted by Crippen LogP contribution is 2.28. The zero-order chi connectivity index (χ0) is 24.6. The molecule has 4 aromatic rings. The third-order valence-electron chi connectivity index (χ3n) is 5.17. The second kappa shape index (κ2) is 11.0. The fourth-order valence-electron chi connectivity index (χ4n) is 3.31. The summed E-state index contributed by atoms with van der Waals surface area (Å²) in [5.74, 6) is 0.361. The number of nitrogens with zero attached hydrogens (tertiary/aromatic N) is 1. The minimum Gasteiger partial charge on any atom is -0.493 e. The average Bonchev–Trinajstić information content (AvgIpc) is 2.88. The highest BCUT2D eigenvalue weighted by molar-refractivity contribution is 5.91. The van der Waals surface area contributed by atoms with Crippen molar-refractivity contribution < 1.29 is 23.8 Å². The van der Waals surface area contributed by atoms with Gasteiger partial charge in [0.2, 0.25) is 0 Å². The second-order valence-corrected chi connectivity index (χ2v) is 7.76. The lowest BCUT2D eigenvalue weighted by atomic mass is 10.1. The molecule has 0 atom stereocenters. The van der Waals surface area contributed by atoms with Gasteiger partial charge in [0.25, 0.3) is 5.91 Å². The molecule has 0 bridgehead atoms. The maximum absolute atomic E-state index is 12.4. The Hall–Kier alpha value is -4.65. The third kappa shape index (κ3) is 6.23. The molecule has 0 aliphatic rings. The number of hydrazone groups is 1. The van der Waals surface area contributed by atoms with Crippen LogP contribution in [0.25, 0.3) is 10.8 Å². The summed E-state index contributed by atoms with van der Waals surface area (Å²) in [6, 6.07) is 25.6. The van der Waals surface area contributed by atoms with Crippen molar-refractivity contribution in [3.8, 4) is 17.2 Å². The van der Waals surface area contributed by atoms with E-state index in [0.717, 1.165) is 16.3 Å². The third-order valence-corrected chi connectivity index (χ3v) is 5.17. The molecule has 0 aliphatic carbocycles. The van der Waals surface area contributed by atoms with Crippen molar-refractivity contribution in [1.82, 2.24) is 5.43 Å². The minimum atomic E-state index is -0.483. The Balaban J connectivity index is 1.32. The van der Waals surface area contributed by atoms with Crippen LogP contribution in [0.2, 0.25) is 0 Å². The summed E-state index contributed by atoms with van der Waals surface area (Å²) in [5.41, 5.74) is 4.57. The number of aryl methyl sites for hydroxylation is 1. The van der Waals surface area contributed by atoms with Crippen LogP contribution in [0.15, 0.2) is 90.0 Å². The fourth-order valence-corrected chi connectivity index (χ4v) is 3.31. The van der Waals surface area contributed by atoms with Crippen LogP contribution in [0.3, 0.4) is 0 Å². The van der Waals surface area contributed by atoms with E-state index in [9.17, 15) is 9.59 Å². The smallest absolute Gasteiger partial charge is 0.343 e. The summed E-state index contributed by atoms with van der Waals surface area (Å²) in [7, 11) is 1.48. The van der Waals surface area contributed by atoms with Crippen molar-refractivity contribution in [2.24, 2.45) is 5.10 Å². The van der Waals surface area contributed by atoms with Crippen molar-refractivity contribution in [3.63, 3.8) is 0 Å². The predicted molar refractivity (Wildman–Crippen MR) is 134 cm³/mol. The van der Waals surface area contributed by atoms with Crippen LogP contribution in [0.1, 0.15) is 21.5 Å². The van der Waals surface area contributed by atoms with Gasteiger partial charge in [-0.2, -0.15) is 5.10 Å². The number of benzene rings is 4. The number of hydrogen-bond donors (Lipinski definition) is 1. The maximum Gasteiger partial charge on any atom is 0.343 e. The lowest BCUT2D eigenvalue weighted by Crippen LogP contribution is -2.24. The molecule has 0 fully saturated rings. The Morgan fingerprint density at radius 3 is 2.43 bits per heavy atom. The number of nitrogens with one attached hydrogen (secondary N) is 1. The minimum absolute atomic E-state index is 0.174. The lowest BCUT2D eigenvalue weighted by Gasteiger charge is -2.10. The van der Waals surface area contributed by atoms with E-state index in [1.54, 1.807) is 30.3 Å². The van der Waals surface area contributed by atoms with Crippen LogP contribution < -0.4 is 19.6 Å². The van der Waals surface area contributed by atoms with E-state index in [0.29, 0.717) is 22.6 Å². The highest BCUT2D eigenvalue weighted by atomic mass is 16.6. The standard InChI is InChI=1S/C28H24N2O5/c1-19-7-10-22(11-8-19)28(32)35-25-14-9-20(15-26(25)33-2)17-29-30-27(31)18-34-24-13-12-21-5-3-4-6-23(21)16-24/h3-17H,18H2,1-2H3,(H,30,31)/b29-17+. The van der Waals surface area contributed by atoms with Crippen molar-refractivity contribution >= 4 is 28.9 Å². The van der Waals surface area contributed by atoms with Crippen molar-refractivity contribution in [1.29, 1.82) is 0 Å². The molecule has 7 nitrogen and oxygen atoms in total. The summed E-state index contributed by atoms with van der Waals surface area (Å²) in [6.45, 7) is 1.77. The first kappa shape index (κ1) is 23.5. The van der Waals surface area contributed by atoms with Gasteiger partial charge in [0.15, 0.2) is 18.1 Å². The molecule has 0 spiro atoms. The predicted octanol–water partition coefficient (Wildman–Crippen LogP) is 4.91. The summed E-state index contributed by atoms with van der Waals surface area (Å²) >= 11 is 0. The van der Waals surface area contributed by atoms with Gasteiger partial charge in [-0.3, -0.25) is 4.79 Å². The van der Waals surface area contributed by atoms with Gasteiger partial charge in [0.05, 0.1) is 18.9 Å². The first-order valence-electron chi connectivity index (χ1n) is 10.9. The Morgan fingerprint density at radius 2 is 1.66 bits per heavy atom. The zero-order valence-corrected chi connectivity index (χ0v) is 19.4. The highest BCUT2D eigenvalue weighted by Gasteiger charge is 2.13. The van der Waals surface area contributed by atoms with E-state index in [-0.39, 0.29) is 12.4 Å². The Bertz CT molecular complexity index is 1380. The summed E-state index contributed by atoms with van der Waals surface area (Å²) in [4.78, 5) is 24.5. The molecule has 0 heterocycles. The fraction of sp³-hybridized carbons (Fsp3) is 0.107. The van der Waals surface area contributed by atoms with E-state index < -0.39 is 11.9 Å². The van der Waals surface area contributed by atoms with E-state index in [2.05, 4.69) is 10.5 Å². The van der Waals surface area contributed by atoms with Crippen LogP contribution in [-0.4, -0.2) is 31.8 Å². The molecule has 0 saturated heterocycles. The van der Waals surface area contributed by atoms with Gasteiger partial charge >= 0.3 is 5.97 Å². The molecule has 1 amide bonds. The molecule has 0 aromatic heterocycles. The van der Waals surface area contributed by atoms with E-state index >= 15 is 0 Å².